The van der Waals surface area contributed by atoms with E-state index >= 15 is 0 Å². The van der Waals surface area contributed by atoms with Gasteiger partial charge in [0.25, 0.3) is 0 Å². The van der Waals surface area contributed by atoms with Gasteiger partial charge in [-0.1, -0.05) is 35.3 Å². The summed E-state index contributed by atoms with van der Waals surface area (Å²) in [6.45, 7) is 6.36. The number of pyridine rings is 1. The molecule has 0 unspecified atom stereocenters. The van der Waals surface area contributed by atoms with Gasteiger partial charge in [-0.3, -0.25) is 9.78 Å². The summed E-state index contributed by atoms with van der Waals surface area (Å²) < 4.78 is 0. The second kappa shape index (κ2) is 9.75. The number of Topliss-reactive ketones (excluding diaryl/α,β-unsaturated/α-hetero) is 1. The first-order valence-electron chi connectivity index (χ1n) is 11.0. The van der Waals surface area contributed by atoms with Crippen LogP contribution in [0.1, 0.15) is 34.0 Å². The fourth-order valence-electron chi connectivity index (χ4n) is 4.06. The number of ketones is 1. The number of carbonyl (C=O) groups is 1. The largest absolute Gasteiger partial charge is 0.354 e. The predicted molar refractivity (Wildman–Crippen MR) is 144 cm³/mol. The van der Waals surface area contributed by atoms with Gasteiger partial charge in [0.2, 0.25) is 0 Å². The number of nitrogens with one attached hydrogen (secondary N) is 1. The maximum absolute atomic E-state index is 12.5. The van der Waals surface area contributed by atoms with Crippen LogP contribution in [0.4, 0.5) is 11.4 Å². The van der Waals surface area contributed by atoms with Crippen molar-refractivity contribution < 1.29 is 4.79 Å². The van der Waals surface area contributed by atoms with Gasteiger partial charge in [-0.15, -0.1) is 0 Å². The Bertz CT molecular complexity index is 1370. The van der Waals surface area contributed by atoms with Crippen molar-refractivity contribution in [2.75, 3.05) is 19.4 Å². The zero-order valence-corrected chi connectivity index (χ0v) is 21.5. The lowest BCUT2D eigenvalue weighted by atomic mass is 9.95. The van der Waals surface area contributed by atoms with Crippen LogP contribution >= 0.6 is 23.2 Å². The number of hydrogen-bond acceptors (Lipinski definition) is 4. The molecule has 0 saturated heterocycles. The Balaban J connectivity index is 1.86. The molecule has 0 fully saturated rings. The van der Waals surface area contributed by atoms with E-state index < -0.39 is 0 Å². The van der Waals surface area contributed by atoms with Crippen molar-refractivity contribution in [2.24, 2.45) is 0 Å². The van der Waals surface area contributed by atoms with Gasteiger partial charge in [0, 0.05) is 33.9 Å². The van der Waals surface area contributed by atoms with Crippen LogP contribution in [0, 0.1) is 13.8 Å². The number of aromatic nitrogens is 1. The van der Waals surface area contributed by atoms with Gasteiger partial charge >= 0.3 is 0 Å². The van der Waals surface area contributed by atoms with E-state index in [0.29, 0.717) is 15.6 Å². The number of halogens is 2. The third-order valence-electron chi connectivity index (χ3n) is 5.91. The number of aryl methyl sites for hydroxylation is 1. The number of nitrogens with zero attached hydrogens (tertiary/aromatic N) is 2. The molecule has 34 heavy (non-hydrogen) atoms. The predicted octanol–water partition coefficient (Wildman–Crippen LogP) is 7.83. The van der Waals surface area contributed by atoms with Gasteiger partial charge in [0.05, 0.1) is 16.8 Å². The molecule has 0 radical (unpaired) electrons. The second-order valence-corrected chi connectivity index (χ2v) is 9.73. The summed E-state index contributed by atoms with van der Waals surface area (Å²) in [5, 5.41) is 5.58. The zero-order valence-electron chi connectivity index (χ0n) is 20.0. The molecule has 3 aromatic carbocycles. The molecule has 0 atom stereocenters. The lowest BCUT2D eigenvalue weighted by Gasteiger charge is -2.17. The number of carbonyl (C=O) groups excluding carboxylic acids is 1. The first-order valence-corrected chi connectivity index (χ1v) is 11.8. The van der Waals surface area contributed by atoms with Gasteiger partial charge in [0.1, 0.15) is 0 Å². The molecule has 0 aliphatic heterocycles. The molecule has 4 nitrogen and oxygen atoms in total. The van der Waals surface area contributed by atoms with E-state index in [0.717, 1.165) is 51.1 Å². The number of anilines is 2. The molecule has 0 bridgehead atoms. The Labute approximate surface area is 210 Å². The fourth-order valence-corrected chi connectivity index (χ4v) is 4.55. The molecule has 174 valence electrons. The summed E-state index contributed by atoms with van der Waals surface area (Å²) in [4.78, 5) is 19.2. The molecular weight excluding hydrogens is 465 g/mol. The normalized spacial score (nSPS) is 11.3. The number of benzene rings is 3. The van der Waals surface area contributed by atoms with Gasteiger partial charge in [-0.05, 0) is 99.1 Å². The Morgan fingerprint density at radius 1 is 1.00 bits per heavy atom. The second-order valence-electron chi connectivity index (χ2n) is 8.91. The van der Waals surface area contributed by atoms with Crippen molar-refractivity contribution in [2.45, 2.75) is 27.3 Å². The average molecular weight is 492 g/mol. The number of rotatable bonds is 6. The van der Waals surface area contributed by atoms with Crippen molar-refractivity contribution in [3.63, 3.8) is 0 Å². The van der Waals surface area contributed by atoms with E-state index in [4.69, 9.17) is 23.2 Å². The first kappa shape index (κ1) is 24.2. The topological polar surface area (TPSA) is 45.2 Å². The van der Waals surface area contributed by atoms with Gasteiger partial charge in [-0.2, -0.15) is 0 Å². The third-order valence-corrected chi connectivity index (χ3v) is 6.69. The average Bonchev–Trinajstić information content (AvgIpc) is 2.77. The van der Waals surface area contributed by atoms with Gasteiger partial charge in [0.15, 0.2) is 5.78 Å². The van der Waals surface area contributed by atoms with Crippen molar-refractivity contribution in [1.29, 1.82) is 0 Å². The van der Waals surface area contributed by atoms with Crippen molar-refractivity contribution in [1.82, 2.24) is 9.88 Å². The smallest absolute Gasteiger partial charge is 0.163 e. The highest BCUT2D eigenvalue weighted by molar-refractivity contribution is 6.36. The molecular formula is C28H27Cl2N3O. The van der Waals surface area contributed by atoms with Crippen LogP contribution in [0.15, 0.2) is 54.7 Å². The summed E-state index contributed by atoms with van der Waals surface area (Å²) in [5.41, 5.74) is 8.02. The summed E-state index contributed by atoms with van der Waals surface area (Å²) in [6, 6.07) is 16.2. The van der Waals surface area contributed by atoms with Crippen LogP contribution in [0.2, 0.25) is 10.0 Å². The standard InChI is InChI=1S/C28H27Cl2N3O/c1-16-10-27-23(13-22(16)20-11-25(29)17(2)26(30)12-20)28(24(14-31-27)18(3)34)32-21-8-6-19(7-9-21)15-33(4)5/h6-14H,15H2,1-5H3,(H,31,32). The molecule has 0 aliphatic carbocycles. The highest BCUT2D eigenvalue weighted by atomic mass is 35.5. The van der Waals surface area contributed by atoms with Gasteiger partial charge in [-0.25, -0.2) is 0 Å². The van der Waals surface area contributed by atoms with Crippen molar-refractivity contribution in [3.8, 4) is 11.1 Å². The molecule has 0 amide bonds. The van der Waals surface area contributed by atoms with Crippen LogP contribution in [-0.4, -0.2) is 29.8 Å². The maximum atomic E-state index is 12.5. The molecule has 1 heterocycles. The first-order chi connectivity index (χ1) is 16.1. The van der Waals surface area contributed by atoms with E-state index in [-0.39, 0.29) is 5.78 Å². The third kappa shape index (κ3) is 4.95. The molecule has 0 aliphatic rings. The minimum atomic E-state index is -0.0512. The Morgan fingerprint density at radius 3 is 2.24 bits per heavy atom. The highest BCUT2D eigenvalue weighted by Crippen LogP contribution is 2.37. The summed E-state index contributed by atoms with van der Waals surface area (Å²) in [5.74, 6) is -0.0512. The van der Waals surface area contributed by atoms with Crippen LogP contribution in [0.3, 0.4) is 0 Å². The van der Waals surface area contributed by atoms with Crippen LogP contribution in [0.25, 0.3) is 22.0 Å². The molecule has 1 N–H and O–H groups in total. The van der Waals surface area contributed by atoms with Crippen molar-refractivity contribution >= 4 is 51.3 Å². The molecule has 4 aromatic rings. The van der Waals surface area contributed by atoms with E-state index in [1.807, 2.05) is 58.3 Å². The van der Waals surface area contributed by atoms with Crippen LogP contribution in [0.5, 0.6) is 0 Å². The molecule has 1 aromatic heterocycles. The molecule has 0 spiro atoms. The molecule has 6 heteroatoms. The van der Waals surface area contributed by atoms with Gasteiger partial charge < -0.3 is 10.2 Å². The minimum absolute atomic E-state index is 0.0512. The maximum Gasteiger partial charge on any atom is 0.163 e. The van der Waals surface area contributed by atoms with E-state index in [1.165, 1.54) is 5.56 Å². The summed E-state index contributed by atoms with van der Waals surface area (Å²) in [6.07, 6.45) is 1.64. The monoisotopic (exact) mass is 491 g/mol. The highest BCUT2D eigenvalue weighted by Gasteiger charge is 2.16. The minimum Gasteiger partial charge on any atom is -0.354 e. The Hall–Kier alpha value is -2.92. The van der Waals surface area contributed by atoms with Crippen LogP contribution < -0.4 is 5.32 Å². The number of hydrogen-bond donors (Lipinski definition) is 1. The quantitative estimate of drug-likeness (QED) is 0.279. The fraction of sp³-hybridized carbons (Fsp3) is 0.214. The van der Waals surface area contributed by atoms with Crippen molar-refractivity contribution in [3.05, 3.63) is 87.0 Å². The Kier molecular flexibility index (Phi) is 6.94. The zero-order chi connectivity index (χ0) is 24.6. The van der Waals surface area contributed by atoms with E-state index in [1.54, 1.807) is 13.1 Å². The summed E-state index contributed by atoms with van der Waals surface area (Å²) in [7, 11) is 4.09. The lowest BCUT2D eigenvalue weighted by Crippen LogP contribution is -2.10. The van der Waals surface area contributed by atoms with Crippen LogP contribution in [-0.2, 0) is 6.54 Å². The van der Waals surface area contributed by atoms with E-state index in [9.17, 15) is 4.79 Å². The molecule has 0 saturated carbocycles. The van der Waals surface area contributed by atoms with E-state index in [2.05, 4.69) is 33.4 Å². The SMILES string of the molecule is CC(=O)c1cnc2cc(C)c(-c3cc(Cl)c(C)c(Cl)c3)cc2c1Nc1ccc(CN(C)C)cc1. The Morgan fingerprint density at radius 2 is 1.65 bits per heavy atom. The lowest BCUT2D eigenvalue weighted by molar-refractivity contribution is 0.101. The number of fused-ring (bicyclic) bond motifs is 1. The summed E-state index contributed by atoms with van der Waals surface area (Å²) >= 11 is 12.9. The molecule has 4 rings (SSSR count).